The van der Waals surface area contributed by atoms with Crippen LogP contribution in [-0.4, -0.2) is 24.0 Å². The maximum absolute atomic E-state index is 2.47. The highest BCUT2D eigenvalue weighted by molar-refractivity contribution is 4.60. The molecule has 0 aromatic heterocycles. The summed E-state index contributed by atoms with van der Waals surface area (Å²) in [6, 6.07) is 0.764. The lowest BCUT2D eigenvalue weighted by Gasteiger charge is -2.24. The van der Waals surface area contributed by atoms with Crippen LogP contribution in [0.15, 0.2) is 0 Å². The van der Waals surface area contributed by atoms with Crippen LogP contribution in [0.1, 0.15) is 34.1 Å². The first-order valence-corrected chi connectivity index (χ1v) is 4.00. The van der Waals surface area contributed by atoms with Crippen LogP contribution in [0.5, 0.6) is 0 Å². The average molecular weight is 129 g/mol. The van der Waals surface area contributed by atoms with Crippen molar-refractivity contribution in [3.63, 3.8) is 0 Å². The van der Waals surface area contributed by atoms with E-state index in [9.17, 15) is 0 Å². The highest BCUT2D eigenvalue weighted by Gasteiger charge is 2.05. The molecule has 9 heavy (non-hydrogen) atoms. The van der Waals surface area contributed by atoms with E-state index in [4.69, 9.17) is 0 Å². The van der Waals surface area contributed by atoms with E-state index in [2.05, 4.69) is 32.6 Å². The van der Waals surface area contributed by atoms with Gasteiger partial charge in [-0.3, -0.25) is 0 Å². The van der Waals surface area contributed by atoms with E-state index in [0.29, 0.717) is 0 Å². The molecule has 0 aliphatic carbocycles. The van der Waals surface area contributed by atoms with E-state index in [-0.39, 0.29) is 0 Å². The largest absolute Gasteiger partial charge is 0.301 e. The third kappa shape index (κ3) is 2.85. The molecule has 1 nitrogen and oxygen atoms in total. The molecule has 0 heterocycles. The van der Waals surface area contributed by atoms with Gasteiger partial charge in [-0.05, 0) is 26.4 Å². The van der Waals surface area contributed by atoms with Crippen LogP contribution in [0.4, 0.5) is 0 Å². The minimum Gasteiger partial charge on any atom is -0.301 e. The van der Waals surface area contributed by atoms with Crippen LogP contribution < -0.4 is 0 Å². The lowest BCUT2D eigenvalue weighted by molar-refractivity contribution is 0.226. The molecule has 0 aromatic carbocycles. The van der Waals surface area contributed by atoms with Crippen molar-refractivity contribution in [2.75, 3.05) is 13.1 Å². The van der Waals surface area contributed by atoms with Gasteiger partial charge in [-0.25, -0.2) is 0 Å². The second kappa shape index (κ2) is 4.80. The summed E-state index contributed by atoms with van der Waals surface area (Å²) in [7, 11) is 0. The minimum atomic E-state index is 0.764. The summed E-state index contributed by atoms with van der Waals surface area (Å²) >= 11 is 0. The van der Waals surface area contributed by atoms with Gasteiger partial charge in [0.1, 0.15) is 0 Å². The zero-order chi connectivity index (χ0) is 7.28. The molecule has 0 aliphatic rings. The van der Waals surface area contributed by atoms with Crippen molar-refractivity contribution in [2.45, 2.75) is 40.2 Å². The SMILES string of the molecule is CCC(C)N(CC)CC. The van der Waals surface area contributed by atoms with Gasteiger partial charge in [0.25, 0.3) is 0 Å². The minimum absolute atomic E-state index is 0.764. The van der Waals surface area contributed by atoms with Gasteiger partial charge in [-0.15, -0.1) is 0 Å². The zero-order valence-corrected chi connectivity index (χ0v) is 7.15. The van der Waals surface area contributed by atoms with Gasteiger partial charge in [0.15, 0.2) is 0 Å². The molecule has 56 valence electrons. The third-order valence-electron chi connectivity index (χ3n) is 2.03. The fourth-order valence-corrected chi connectivity index (χ4v) is 1.11. The van der Waals surface area contributed by atoms with Gasteiger partial charge >= 0.3 is 0 Å². The summed E-state index contributed by atoms with van der Waals surface area (Å²) in [5, 5.41) is 0. The second-order valence-electron chi connectivity index (χ2n) is 2.48. The Morgan fingerprint density at radius 2 is 1.56 bits per heavy atom. The van der Waals surface area contributed by atoms with E-state index in [1.807, 2.05) is 0 Å². The van der Waals surface area contributed by atoms with Gasteiger partial charge in [-0.2, -0.15) is 0 Å². The van der Waals surface area contributed by atoms with Crippen LogP contribution in [0.3, 0.4) is 0 Å². The van der Waals surface area contributed by atoms with Crippen molar-refractivity contribution in [2.24, 2.45) is 0 Å². The summed E-state index contributed by atoms with van der Waals surface area (Å²) in [5.74, 6) is 0. The molecule has 0 bridgehead atoms. The Kier molecular flexibility index (Phi) is 4.78. The summed E-state index contributed by atoms with van der Waals surface area (Å²) in [6.07, 6.45) is 1.27. The second-order valence-corrected chi connectivity index (χ2v) is 2.48. The third-order valence-corrected chi connectivity index (χ3v) is 2.03. The molecular formula is C8H19N. The molecule has 0 rings (SSSR count). The number of hydrogen-bond donors (Lipinski definition) is 0. The summed E-state index contributed by atoms with van der Waals surface area (Å²) in [4.78, 5) is 2.47. The molecule has 0 saturated heterocycles. The van der Waals surface area contributed by atoms with Crippen molar-refractivity contribution in [3.05, 3.63) is 0 Å². The van der Waals surface area contributed by atoms with Crippen molar-refractivity contribution < 1.29 is 0 Å². The Bertz CT molecular complexity index is 57.6. The van der Waals surface area contributed by atoms with E-state index in [1.54, 1.807) is 0 Å². The molecule has 1 atom stereocenters. The molecule has 0 amide bonds. The van der Waals surface area contributed by atoms with Gasteiger partial charge in [0.2, 0.25) is 0 Å². The molecule has 0 radical (unpaired) electrons. The summed E-state index contributed by atoms with van der Waals surface area (Å²) in [5.41, 5.74) is 0. The predicted octanol–water partition coefficient (Wildman–Crippen LogP) is 2.13. The molecule has 0 saturated carbocycles. The highest BCUT2D eigenvalue weighted by Crippen LogP contribution is 2.00. The molecule has 0 aliphatic heterocycles. The molecule has 0 N–H and O–H groups in total. The van der Waals surface area contributed by atoms with E-state index in [1.165, 1.54) is 19.5 Å². The van der Waals surface area contributed by atoms with Gasteiger partial charge in [-0.1, -0.05) is 20.8 Å². The molecule has 1 unspecified atom stereocenters. The summed E-state index contributed by atoms with van der Waals surface area (Å²) < 4.78 is 0. The Morgan fingerprint density at radius 1 is 1.11 bits per heavy atom. The summed E-state index contributed by atoms with van der Waals surface area (Å²) in [6.45, 7) is 11.3. The smallest absolute Gasteiger partial charge is 0.00640 e. The van der Waals surface area contributed by atoms with Crippen molar-refractivity contribution in [3.8, 4) is 0 Å². The van der Waals surface area contributed by atoms with Crippen molar-refractivity contribution in [1.82, 2.24) is 4.90 Å². The monoisotopic (exact) mass is 129 g/mol. The standard InChI is InChI=1S/C8H19N/c1-5-8(4)9(6-2)7-3/h8H,5-7H2,1-4H3. The van der Waals surface area contributed by atoms with E-state index < -0.39 is 0 Å². The maximum atomic E-state index is 2.47. The predicted molar refractivity (Wildman–Crippen MR) is 42.7 cm³/mol. The van der Waals surface area contributed by atoms with Crippen LogP contribution in [0.25, 0.3) is 0 Å². The topological polar surface area (TPSA) is 3.24 Å². The first-order chi connectivity index (χ1) is 4.26. The first-order valence-electron chi connectivity index (χ1n) is 4.00. The van der Waals surface area contributed by atoms with Crippen LogP contribution in [0, 0.1) is 0 Å². The fraction of sp³-hybridized carbons (Fsp3) is 1.00. The molecule has 0 spiro atoms. The average Bonchev–Trinajstić information content (AvgIpc) is 1.90. The lowest BCUT2D eigenvalue weighted by Crippen LogP contribution is -2.31. The Hall–Kier alpha value is -0.0400. The zero-order valence-electron chi connectivity index (χ0n) is 7.15. The maximum Gasteiger partial charge on any atom is 0.00640 e. The van der Waals surface area contributed by atoms with Gasteiger partial charge < -0.3 is 4.90 Å². The van der Waals surface area contributed by atoms with Gasteiger partial charge in [0.05, 0.1) is 0 Å². The molecule has 0 fully saturated rings. The Labute approximate surface area is 59.1 Å². The van der Waals surface area contributed by atoms with E-state index >= 15 is 0 Å². The van der Waals surface area contributed by atoms with Crippen LogP contribution in [-0.2, 0) is 0 Å². The number of hydrogen-bond acceptors (Lipinski definition) is 1. The Balaban J connectivity index is 3.50. The van der Waals surface area contributed by atoms with Crippen LogP contribution in [0.2, 0.25) is 0 Å². The van der Waals surface area contributed by atoms with Crippen molar-refractivity contribution in [1.29, 1.82) is 0 Å². The quantitative estimate of drug-likeness (QED) is 0.562. The van der Waals surface area contributed by atoms with Crippen molar-refractivity contribution >= 4 is 0 Å². The van der Waals surface area contributed by atoms with Gasteiger partial charge in [0, 0.05) is 6.04 Å². The number of nitrogens with zero attached hydrogens (tertiary/aromatic N) is 1. The lowest BCUT2D eigenvalue weighted by atomic mass is 10.2. The Morgan fingerprint density at radius 3 is 1.67 bits per heavy atom. The molecule has 1 heteroatoms. The highest BCUT2D eigenvalue weighted by atomic mass is 15.1. The van der Waals surface area contributed by atoms with E-state index in [0.717, 1.165) is 6.04 Å². The molecular weight excluding hydrogens is 110 g/mol. The first kappa shape index (κ1) is 8.96. The molecule has 0 aromatic rings. The van der Waals surface area contributed by atoms with Crippen LogP contribution >= 0.6 is 0 Å². The fourth-order valence-electron chi connectivity index (χ4n) is 1.11. The normalized spacial score (nSPS) is 14.3. The number of rotatable bonds is 4.